The minimum absolute atomic E-state index is 0.262. The lowest BCUT2D eigenvalue weighted by molar-refractivity contribution is -0.123. The molecule has 0 aliphatic rings. The highest BCUT2D eigenvalue weighted by Crippen LogP contribution is 2.23. The summed E-state index contributed by atoms with van der Waals surface area (Å²) in [6.07, 6.45) is 1.63. The van der Waals surface area contributed by atoms with Crippen molar-refractivity contribution in [3.8, 4) is 28.4 Å². The first kappa shape index (κ1) is 21.6. The number of hydrogen-bond acceptors (Lipinski definition) is 5. The van der Waals surface area contributed by atoms with E-state index in [2.05, 4.69) is 16.0 Å². The molecule has 0 unspecified atom stereocenters. The van der Waals surface area contributed by atoms with Crippen molar-refractivity contribution in [3.05, 3.63) is 96.7 Å². The van der Waals surface area contributed by atoms with Crippen LogP contribution in [0.25, 0.3) is 16.9 Å². The number of nitrogens with one attached hydrogen (secondary N) is 2. The van der Waals surface area contributed by atoms with E-state index in [1.54, 1.807) is 42.3 Å². The second-order valence-electron chi connectivity index (χ2n) is 7.00. The average Bonchev–Trinajstić information content (AvgIpc) is 3.33. The van der Waals surface area contributed by atoms with Gasteiger partial charge in [-0.1, -0.05) is 48.5 Å². The van der Waals surface area contributed by atoms with Gasteiger partial charge >= 0.3 is 0 Å². The molecule has 1 aromatic heterocycles. The third-order valence-electron chi connectivity index (χ3n) is 4.77. The topological polar surface area (TPSA) is 94.5 Å². The highest BCUT2D eigenvalue weighted by molar-refractivity contribution is 6.00. The van der Waals surface area contributed by atoms with Gasteiger partial charge in [0, 0.05) is 11.8 Å². The Balaban J connectivity index is 1.44. The molecule has 0 bridgehead atoms. The highest BCUT2D eigenvalue weighted by Gasteiger charge is 2.19. The Kier molecular flexibility index (Phi) is 6.65. The number of aromatic nitrogens is 2. The van der Waals surface area contributed by atoms with Crippen molar-refractivity contribution in [2.45, 2.75) is 0 Å². The van der Waals surface area contributed by atoms with Gasteiger partial charge in [-0.2, -0.15) is 5.10 Å². The van der Waals surface area contributed by atoms with Crippen LogP contribution in [-0.4, -0.2) is 35.3 Å². The van der Waals surface area contributed by atoms with Crippen LogP contribution in [0.5, 0.6) is 11.5 Å². The predicted octanol–water partition coefficient (Wildman–Crippen LogP) is 3.39. The number of methoxy groups -OCH3 is 1. The predicted molar refractivity (Wildman–Crippen MR) is 123 cm³/mol. The van der Waals surface area contributed by atoms with E-state index < -0.39 is 11.8 Å². The van der Waals surface area contributed by atoms with Gasteiger partial charge < -0.3 is 9.47 Å². The summed E-state index contributed by atoms with van der Waals surface area (Å²) in [4.78, 5) is 25.1. The first-order chi connectivity index (χ1) is 16.1. The van der Waals surface area contributed by atoms with Crippen LogP contribution in [0.4, 0.5) is 0 Å². The van der Waals surface area contributed by atoms with E-state index in [0.29, 0.717) is 22.8 Å². The quantitative estimate of drug-likeness (QED) is 0.428. The van der Waals surface area contributed by atoms with Crippen molar-refractivity contribution in [1.82, 2.24) is 20.6 Å². The van der Waals surface area contributed by atoms with Crippen LogP contribution in [0.15, 0.2) is 91.1 Å². The summed E-state index contributed by atoms with van der Waals surface area (Å²) in [5.74, 6) is 0.196. The standard InChI is InChI=1S/C25H22N4O4/c1-32-20-12-14-21(15-13-20)33-17-23(30)26-27-25(31)22-16-29(19-10-6-3-7-11-19)28-24(22)18-8-4-2-5-9-18/h2-16H,17H2,1H3,(H,26,30)(H,27,31). The summed E-state index contributed by atoms with van der Waals surface area (Å²) in [5.41, 5.74) is 7.23. The zero-order valence-electron chi connectivity index (χ0n) is 17.9. The van der Waals surface area contributed by atoms with Gasteiger partial charge in [0.2, 0.25) is 0 Å². The van der Waals surface area contributed by atoms with E-state index in [9.17, 15) is 9.59 Å². The molecule has 0 aliphatic carbocycles. The third kappa shape index (κ3) is 5.37. The molecule has 8 heteroatoms. The molecule has 0 atom stereocenters. The maximum absolute atomic E-state index is 12.9. The zero-order chi connectivity index (χ0) is 23.0. The van der Waals surface area contributed by atoms with Crippen LogP contribution in [-0.2, 0) is 4.79 Å². The lowest BCUT2D eigenvalue weighted by atomic mass is 10.1. The number of hydrogen-bond donors (Lipinski definition) is 2. The Labute approximate surface area is 190 Å². The molecule has 0 saturated carbocycles. The molecule has 0 spiro atoms. The lowest BCUT2D eigenvalue weighted by Crippen LogP contribution is -2.43. The molecule has 0 fully saturated rings. The van der Waals surface area contributed by atoms with Crippen molar-refractivity contribution in [3.63, 3.8) is 0 Å². The molecule has 4 aromatic rings. The molecule has 166 valence electrons. The molecule has 0 aliphatic heterocycles. The Morgan fingerprint density at radius 2 is 1.48 bits per heavy atom. The minimum Gasteiger partial charge on any atom is -0.497 e. The average molecular weight is 442 g/mol. The Morgan fingerprint density at radius 1 is 0.848 bits per heavy atom. The van der Waals surface area contributed by atoms with E-state index in [4.69, 9.17) is 9.47 Å². The van der Waals surface area contributed by atoms with Gasteiger partial charge in [-0.15, -0.1) is 0 Å². The number of benzene rings is 3. The van der Waals surface area contributed by atoms with Crippen LogP contribution >= 0.6 is 0 Å². The molecule has 3 aromatic carbocycles. The van der Waals surface area contributed by atoms with E-state index in [1.807, 2.05) is 60.7 Å². The lowest BCUT2D eigenvalue weighted by Gasteiger charge is -2.09. The van der Waals surface area contributed by atoms with E-state index >= 15 is 0 Å². The Bertz CT molecular complexity index is 1220. The minimum atomic E-state index is -0.504. The first-order valence-corrected chi connectivity index (χ1v) is 10.2. The summed E-state index contributed by atoms with van der Waals surface area (Å²) in [6.45, 7) is -0.262. The van der Waals surface area contributed by atoms with Gasteiger partial charge in [-0.3, -0.25) is 20.4 Å². The van der Waals surface area contributed by atoms with Crippen molar-refractivity contribution >= 4 is 11.8 Å². The molecular formula is C25H22N4O4. The third-order valence-corrected chi connectivity index (χ3v) is 4.77. The number of carbonyl (C=O) groups excluding carboxylic acids is 2. The number of carbonyl (C=O) groups is 2. The van der Waals surface area contributed by atoms with Crippen LogP contribution in [0.2, 0.25) is 0 Å². The maximum Gasteiger partial charge on any atom is 0.276 e. The van der Waals surface area contributed by atoms with Gasteiger partial charge in [0.15, 0.2) is 6.61 Å². The number of amides is 2. The van der Waals surface area contributed by atoms with Crippen molar-refractivity contribution in [1.29, 1.82) is 0 Å². The first-order valence-electron chi connectivity index (χ1n) is 10.2. The zero-order valence-corrected chi connectivity index (χ0v) is 17.9. The van der Waals surface area contributed by atoms with Crippen LogP contribution in [0.3, 0.4) is 0 Å². The largest absolute Gasteiger partial charge is 0.497 e. The number of para-hydroxylation sites is 1. The second kappa shape index (κ2) is 10.1. The molecule has 0 radical (unpaired) electrons. The molecule has 2 N–H and O–H groups in total. The Morgan fingerprint density at radius 3 is 2.15 bits per heavy atom. The van der Waals surface area contributed by atoms with Gasteiger partial charge in [0.1, 0.15) is 17.2 Å². The van der Waals surface area contributed by atoms with E-state index in [0.717, 1.165) is 11.3 Å². The van der Waals surface area contributed by atoms with Gasteiger partial charge in [0.05, 0.1) is 18.4 Å². The molecule has 4 rings (SSSR count). The number of ether oxygens (including phenoxy) is 2. The van der Waals surface area contributed by atoms with Crippen molar-refractivity contribution in [2.24, 2.45) is 0 Å². The number of hydrazine groups is 1. The van der Waals surface area contributed by atoms with Crippen LogP contribution < -0.4 is 20.3 Å². The van der Waals surface area contributed by atoms with Gasteiger partial charge in [-0.25, -0.2) is 4.68 Å². The van der Waals surface area contributed by atoms with E-state index in [-0.39, 0.29) is 6.61 Å². The molecule has 1 heterocycles. The van der Waals surface area contributed by atoms with E-state index in [1.165, 1.54) is 0 Å². The fourth-order valence-corrected chi connectivity index (χ4v) is 3.11. The number of rotatable bonds is 7. The van der Waals surface area contributed by atoms with Crippen molar-refractivity contribution in [2.75, 3.05) is 13.7 Å². The maximum atomic E-state index is 12.9. The fraction of sp³-hybridized carbons (Fsp3) is 0.0800. The van der Waals surface area contributed by atoms with Crippen molar-refractivity contribution < 1.29 is 19.1 Å². The summed E-state index contributed by atoms with van der Waals surface area (Å²) in [5, 5.41) is 4.60. The molecular weight excluding hydrogens is 420 g/mol. The molecule has 8 nitrogen and oxygen atoms in total. The smallest absolute Gasteiger partial charge is 0.276 e. The highest BCUT2D eigenvalue weighted by atomic mass is 16.5. The van der Waals surface area contributed by atoms with Crippen LogP contribution in [0, 0.1) is 0 Å². The van der Waals surface area contributed by atoms with Gasteiger partial charge in [-0.05, 0) is 36.4 Å². The summed E-state index contributed by atoms with van der Waals surface area (Å²) in [7, 11) is 1.57. The molecule has 0 saturated heterocycles. The normalized spacial score (nSPS) is 10.3. The fourth-order valence-electron chi connectivity index (χ4n) is 3.11. The second-order valence-corrected chi connectivity index (χ2v) is 7.00. The monoisotopic (exact) mass is 442 g/mol. The number of nitrogens with zero attached hydrogens (tertiary/aromatic N) is 2. The molecule has 2 amide bonds. The van der Waals surface area contributed by atoms with Gasteiger partial charge in [0.25, 0.3) is 11.8 Å². The summed E-state index contributed by atoms with van der Waals surface area (Å²) >= 11 is 0. The van der Waals surface area contributed by atoms with Crippen LogP contribution in [0.1, 0.15) is 10.4 Å². The SMILES string of the molecule is COc1ccc(OCC(=O)NNC(=O)c2cn(-c3ccccc3)nc2-c2ccccc2)cc1. The summed E-state index contributed by atoms with van der Waals surface area (Å²) < 4.78 is 12.1. The molecule has 33 heavy (non-hydrogen) atoms. The Hall–Kier alpha value is -4.59. The summed E-state index contributed by atoms with van der Waals surface area (Å²) in [6, 6.07) is 25.7.